The molecule has 1 aromatic carbocycles. The van der Waals surface area contributed by atoms with Gasteiger partial charge in [-0.3, -0.25) is 9.36 Å². The van der Waals surface area contributed by atoms with Gasteiger partial charge in [0.05, 0.1) is 10.9 Å². The summed E-state index contributed by atoms with van der Waals surface area (Å²) in [7, 11) is 0. The minimum Gasteiger partial charge on any atom is -0.296 e. The third-order valence-electron chi connectivity index (χ3n) is 2.78. The normalized spacial score (nSPS) is 14.5. The van der Waals surface area contributed by atoms with Gasteiger partial charge in [-0.05, 0) is 18.6 Å². The maximum atomic E-state index is 13.0. The molecule has 76 valence electrons. The van der Waals surface area contributed by atoms with Crippen molar-refractivity contribution in [3.05, 3.63) is 40.2 Å². The first kappa shape index (κ1) is 8.59. The van der Waals surface area contributed by atoms with Crippen LogP contribution in [0.3, 0.4) is 0 Å². The summed E-state index contributed by atoms with van der Waals surface area (Å²) in [5.41, 5.74) is 0.417. The number of nitrogens with zero attached hydrogens (tertiary/aromatic N) is 2. The van der Waals surface area contributed by atoms with Crippen LogP contribution in [-0.4, -0.2) is 9.55 Å². The molecule has 1 aliphatic rings. The molecule has 0 aliphatic carbocycles. The van der Waals surface area contributed by atoms with E-state index in [1.807, 2.05) is 0 Å². The molecule has 1 aromatic heterocycles. The van der Waals surface area contributed by atoms with Crippen LogP contribution in [0.2, 0.25) is 0 Å². The molecule has 0 saturated heterocycles. The summed E-state index contributed by atoms with van der Waals surface area (Å²) in [6, 6.07) is 4.12. The van der Waals surface area contributed by atoms with Crippen LogP contribution in [0.4, 0.5) is 4.39 Å². The highest BCUT2D eigenvalue weighted by Gasteiger charge is 2.15. The fraction of sp³-hybridized carbons (Fsp3) is 0.273. The largest absolute Gasteiger partial charge is 0.296 e. The van der Waals surface area contributed by atoms with Crippen LogP contribution in [0.1, 0.15) is 12.2 Å². The van der Waals surface area contributed by atoms with Crippen molar-refractivity contribution >= 4 is 10.9 Å². The molecule has 4 heteroatoms. The van der Waals surface area contributed by atoms with Crippen molar-refractivity contribution in [1.82, 2.24) is 9.55 Å². The highest BCUT2D eigenvalue weighted by molar-refractivity contribution is 5.77. The Bertz CT molecular complexity index is 603. The van der Waals surface area contributed by atoms with Crippen LogP contribution < -0.4 is 5.56 Å². The third-order valence-corrected chi connectivity index (χ3v) is 2.78. The maximum Gasteiger partial charge on any atom is 0.261 e. The Balaban J connectivity index is 2.46. The monoisotopic (exact) mass is 204 g/mol. The predicted molar refractivity (Wildman–Crippen MR) is 54.3 cm³/mol. The number of fused-ring (bicyclic) bond motifs is 2. The third kappa shape index (κ3) is 1.17. The summed E-state index contributed by atoms with van der Waals surface area (Å²) >= 11 is 0. The lowest BCUT2D eigenvalue weighted by molar-refractivity contribution is 0.629. The molecule has 0 atom stereocenters. The van der Waals surface area contributed by atoms with Crippen LogP contribution in [-0.2, 0) is 13.0 Å². The van der Waals surface area contributed by atoms with E-state index in [0.29, 0.717) is 10.9 Å². The van der Waals surface area contributed by atoms with Crippen molar-refractivity contribution in [3.8, 4) is 0 Å². The summed E-state index contributed by atoms with van der Waals surface area (Å²) in [5, 5.41) is 0.502. The number of hydrogen-bond acceptors (Lipinski definition) is 2. The Hall–Kier alpha value is -1.71. The minimum absolute atomic E-state index is 0.0486. The molecule has 2 heterocycles. The number of aromatic nitrogens is 2. The molecule has 2 aromatic rings. The van der Waals surface area contributed by atoms with Gasteiger partial charge in [-0.25, -0.2) is 9.37 Å². The molecular weight excluding hydrogens is 195 g/mol. The van der Waals surface area contributed by atoms with E-state index in [4.69, 9.17) is 0 Å². The van der Waals surface area contributed by atoms with Crippen LogP contribution in [0.25, 0.3) is 10.9 Å². The fourth-order valence-corrected chi connectivity index (χ4v) is 2.06. The first-order valence-electron chi connectivity index (χ1n) is 4.95. The molecule has 0 amide bonds. The van der Waals surface area contributed by atoms with Gasteiger partial charge in [-0.2, -0.15) is 0 Å². The fourth-order valence-electron chi connectivity index (χ4n) is 2.06. The van der Waals surface area contributed by atoms with Gasteiger partial charge in [0, 0.05) is 19.0 Å². The summed E-state index contributed by atoms with van der Waals surface area (Å²) in [5.74, 6) is 0.426. The number of halogens is 1. The number of benzene rings is 1. The number of aryl methyl sites for hydroxylation is 1. The predicted octanol–water partition coefficient (Wildman–Crippen LogP) is 1.48. The summed E-state index contributed by atoms with van der Waals surface area (Å²) in [6.07, 6.45) is 1.75. The molecule has 0 saturated carbocycles. The van der Waals surface area contributed by atoms with E-state index < -0.39 is 0 Å². The van der Waals surface area contributed by atoms with Crippen molar-refractivity contribution in [2.24, 2.45) is 0 Å². The smallest absolute Gasteiger partial charge is 0.261 e. The van der Waals surface area contributed by atoms with Crippen molar-refractivity contribution in [2.75, 3.05) is 0 Å². The van der Waals surface area contributed by atoms with E-state index in [1.54, 1.807) is 4.57 Å². The van der Waals surface area contributed by atoms with Crippen LogP contribution in [0.5, 0.6) is 0 Å². The SMILES string of the molecule is O=c1c2ccc(F)cc2nc2n1CCC2. The zero-order valence-corrected chi connectivity index (χ0v) is 8.03. The lowest BCUT2D eigenvalue weighted by Crippen LogP contribution is -2.20. The molecule has 3 nitrogen and oxygen atoms in total. The first-order chi connectivity index (χ1) is 7.25. The average Bonchev–Trinajstić information content (AvgIpc) is 2.65. The molecule has 0 fully saturated rings. The van der Waals surface area contributed by atoms with Gasteiger partial charge in [0.1, 0.15) is 11.6 Å². The van der Waals surface area contributed by atoms with E-state index in [-0.39, 0.29) is 11.4 Å². The molecule has 0 radical (unpaired) electrons. The van der Waals surface area contributed by atoms with Gasteiger partial charge in [0.15, 0.2) is 0 Å². The molecule has 0 unspecified atom stereocenters. The van der Waals surface area contributed by atoms with Crippen LogP contribution in [0, 0.1) is 5.82 Å². The van der Waals surface area contributed by atoms with Gasteiger partial charge in [-0.15, -0.1) is 0 Å². The molecular formula is C11H9FN2O. The second-order valence-corrected chi connectivity index (χ2v) is 3.75. The quantitative estimate of drug-likeness (QED) is 0.651. The van der Waals surface area contributed by atoms with Crippen molar-refractivity contribution in [3.63, 3.8) is 0 Å². The van der Waals surface area contributed by atoms with Gasteiger partial charge in [-0.1, -0.05) is 0 Å². The van der Waals surface area contributed by atoms with E-state index >= 15 is 0 Å². The second kappa shape index (κ2) is 2.89. The Kier molecular flexibility index (Phi) is 1.65. The van der Waals surface area contributed by atoms with Crippen molar-refractivity contribution in [2.45, 2.75) is 19.4 Å². The van der Waals surface area contributed by atoms with Crippen LogP contribution >= 0.6 is 0 Å². The topological polar surface area (TPSA) is 34.9 Å². The van der Waals surface area contributed by atoms with Gasteiger partial charge in [0.25, 0.3) is 5.56 Å². The molecule has 0 N–H and O–H groups in total. The van der Waals surface area contributed by atoms with Gasteiger partial charge < -0.3 is 0 Å². The van der Waals surface area contributed by atoms with Crippen LogP contribution in [0.15, 0.2) is 23.0 Å². The molecule has 3 rings (SSSR count). The minimum atomic E-state index is -0.350. The number of hydrogen-bond donors (Lipinski definition) is 0. The zero-order chi connectivity index (χ0) is 10.4. The molecule has 15 heavy (non-hydrogen) atoms. The lowest BCUT2D eigenvalue weighted by Gasteiger charge is -2.04. The van der Waals surface area contributed by atoms with Gasteiger partial charge >= 0.3 is 0 Å². The number of rotatable bonds is 0. The molecule has 0 bridgehead atoms. The van der Waals surface area contributed by atoms with E-state index in [1.165, 1.54) is 18.2 Å². The average molecular weight is 204 g/mol. The Morgan fingerprint density at radius 3 is 3.13 bits per heavy atom. The van der Waals surface area contributed by atoms with Crippen molar-refractivity contribution < 1.29 is 4.39 Å². The molecule has 1 aliphatic heterocycles. The Labute approximate surface area is 85.2 Å². The summed E-state index contributed by atoms with van der Waals surface area (Å²) in [4.78, 5) is 16.2. The summed E-state index contributed by atoms with van der Waals surface area (Å²) < 4.78 is 14.7. The summed E-state index contributed by atoms with van der Waals surface area (Å²) in [6.45, 7) is 0.731. The van der Waals surface area contributed by atoms with E-state index in [0.717, 1.165) is 25.2 Å². The Morgan fingerprint density at radius 1 is 1.40 bits per heavy atom. The van der Waals surface area contributed by atoms with Crippen molar-refractivity contribution in [1.29, 1.82) is 0 Å². The molecule has 0 spiro atoms. The standard InChI is InChI=1S/C11H9FN2O/c12-7-3-4-8-9(6-7)13-10-2-1-5-14(10)11(8)15/h3-4,6H,1-2,5H2. The van der Waals surface area contributed by atoms with E-state index in [2.05, 4.69) is 4.98 Å². The zero-order valence-electron chi connectivity index (χ0n) is 8.03. The lowest BCUT2D eigenvalue weighted by atomic mass is 10.2. The Morgan fingerprint density at radius 2 is 2.27 bits per heavy atom. The highest BCUT2D eigenvalue weighted by atomic mass is 19.1. The second-order valence-electron chi connectivity index (χ2n) is 3.75. The highest BCUT2D eigenvalue weighted by Crippen LogP contribution is 2.15. The van der Waals surface area contributed by atoms with Gasteiger partial charge in [0.2, 0.25) is 0 Å². The maximum absolute atomic E-state index is 13.0. The van der Waals surface area contributed by atoms with E-state index in [9.17, 15) is 9.18 Å². The first-order valence-corrected chi connectivity index (χ1v) is 4.95.